The molecule has 12 heavy (non-hydrogen) atoms. The first-order valence-electron chi connectivity index (χ1n) is 3.86. The fourth-order valence-corrected chi connectivity index (χ4v) is 1.01. The van der Waals surface area contributed by atoms with E-state index in [4.69, 9.17) is 0 Å². The topological polar surface area (TPSA) is 12.0 Å². The van der Waals surface area contributed by atoms with Gasteiger partial charge in [0.05, 0.1) is 0 Å². The highest BCUT2D eigenvalue weighted by Crippen LogP contribution is 2.12. The third kappa shape index (κ3) is 2.49. The van der Waals surface area contributed by atoms with Crippen molar-refractivity contribution in [2.24, 2.45) is 0 Å². The second kappa shape index (κ2) is 4.04. The summed E-state index contributed by atoms with van der Waals surface area (Å²) in [5.74, 6) is 0. The molecular weight excluding hydrogens is 160 g/mol. The van der Waals surface area contributed by atoms with Crippen LogP contribution in [0.3, 0.4) is 0 Å². The Hall–Kier alpha value is -1.12. The smallest absolute Gasteiger partial charge is 0.312 e. The summed E-state index contributed by atoms with van der Waals surface area (Å²) in [6.45, 7) is -0.501. The zero-order valence-electron chi connectivity index (χ0n) is 6.85. The molecule has 0 atom stereocenters. The minimum atomic E-state index is -2.49. The number of hydrogen-bond donors (Lipinski definition) is 1. The highest BCUT2D eigenvalue weighted by Gasteiger charge is 2.00. The van der Waals surface area contributed by atoms with Crippen LogP contribution in [-0.4, -0.2) is 6.55 Å². The lowest BCUT2D eigenvalue weighted by Crippen LogP contribution is -2.06. The summed E-state index contributed by atoms with van der Waals surface area (Å²) in [5.41, 5.74) is 1.53. The van der Waals surface area contributed by atoms with Gasteiger partial charge in [-0.05, 0) is 24.1 Å². The van der Waals surface area contributed by atoms with Crippen LogP contribution in [-0.2, 0) is 6.42 Å². The average molecular weight is 171 g/mol. The van der Waals surface area contributed by atoms with Gasteiger partial charge >= 0.3 is 6.55 Å². The second-order valence-corrected chi connectivity index (χ2v) is 2.50. The highest BCUT2D eigenvalue weighted by molar-refractivity contribution is 5.45. The minimum absolute atomic E-state index is 0.476. The molecule has 1 N–H and O–H groups in total. The van der Waals surface area contributed by atoms with Crippen molar-refractivity contribution in [2.45, 2.75) is 19.9 Å². The van der Waals surface area contributed by atoms with Gasteiger partial charge in [0, 0.05) is 5.69 Å². The van der Waals surface area contributed by atoms with E-state index in [2.05, 4.69) is 0 Å². The Morgan fingerprint density at radius 1 is 1.42 bits per heavy atom. The lowest BCUT2D eigenvalue weighted by Gasteiger charge is -2.05. The first kappa shape index (κ1) is 8.97. The van der Waals surface area contributed by atoms with Crippen LogP contribution >= 0.6 is 0 Å². The van der Waals surface area contributed by atoms with Crippen LogP contribution in [0.4, 0.5) is 14.5 Å². The SMILES string of the molecule is CCc1cccc(NC(F)F)c1. The summed E-state index contributed by atoms with van der Waals surface area (Å²) < 4.78 is 23.7. The molecule has 1 aromatic carbocycles. The first-order valence-corrected chi connectivity index (χ1v) is 3.86. The first-order chi connectivity index (χ1) is 5.72. The molecule has 0 aliphatic carbocycles. The molecule has 3 heteroatoms. The van der Waals surface area contributed by atoms with Crippen molar-refractivity contribution in [1.29, 1.82) is 0 Å². The molecular formula is C9H11F2N. The summed E-state index contributed by atoms with van der Waals surface area (Å²) in [7, 11) is 0. The molecule has 0 radical (unpaired) electrons. The van der Waals surface area contributed by atoms with E-state index >= 15 is 0 Å². The van der Waals surface area contributed by atoms with Crippen molar-refractivity contribution < 1.29 is 8.78 Å². The molecule has 0 fully saturated rings. The minimum Gasteiger partial charge on any atom is -0.330 e. The zero-order valence-corrected chi connectivity index (χ0v) is 6.85. The fraction of sp³-hybridized carbons (Fsp3) is 0.333. The summed E-state index contributed by atoms with van der Waals surface area (Å²) in [5, 5.41) is 2.05. The third-order valence-corrected chi connectivity index (χ3v) is 1.61. The van der Waals surface area contributed by atoms with Crippen LogP contribution in [0.25, 0.3) is 0 Å². The molecule has 0 heterocycles. The third-order valence-electron chi connectivity index (χ3n) is 1.61. The van der Waals surface area contributed by atoms with Crippen LogP contribution < -0.4 is 5.32 Å². The Balaban J connectivity index is 2.72. The summed E-state index contributed by atoms with van der Waals surface area (Å²) >= 11 is 0. The standard InChI is InChI=1S/C9H11F2N/c1-2-7-4-3-5-8(6-7)12-9(10)11/h3-6,9,12H,2H2,1H3. The van der Waals surface area contributed by atoms with Gasteiger partial charge in [-0.3, -0.25) is 0 Å². The maximum absolute atomic E-state index is 11.8. The van der Waals surface area contributed by atoms with Gasteiger partial charge in [0.15, 0.2) is 0 Å². The van der Waals surface area contributed by atoms with Gasteiger partial charge in [-0.2, -0.15) is 8.78 Å². The fourth-order valence-electron chi connectivity index (χ4n) is 1.01. The molecule has 0 spiro atoms. The molecule has 0 saturated carbocycles. The number of anilines is 1. The Labute approximate surface area is 70.4 Å². The van der Waals surface area contributed by atoms with E-state index in [-0.39, 0.29) is 0 Å². The van der Waals surface area contributed by atoms with Crippen molar-refractivity contribution in [3.63, 3.8) is 0 Å². The number of benzene rings is 1. The van der Waals surface area contributed by atoms with Gasteiger partial charge in [-0.15, -0.1) is 0 Å². The molecule has 0 unspecified atom stereocenters. The van der Waals surface area contributed by atoms with Gasteiger partial charge < -0.3 is 5.32 Å². The number of halogens is 2. The van der Waals surface area contributed by atoms with E-state index in [9.17, 15) is 8.78 Å². The lowest BCUT2D eigenvalue weighted by atomic mass is 10.1. The van der Waals surface area contributed by atoms with Gasteiger partial charge in [-0.1, -0.05) is 19.1 Å². The van der Waals surface area contributed by atoms with Crippen molar-refractivity contribution in [3.05, 3.63) is 29.8 Å². The predicted molar refractivity (Wildman–Crippen MR) is 45.4 cm³/mol. The van der Waals surface area contributed by atoms with Crippen molar-refractivity contribution >= 4 is 5.69 Å². The van der Waals surface area contributed by atoms with Gasteiger partial charge in [-0.25, -0.2) is 0 Å². The van der Waals surface area contributed by atoms with Gasteiger partial charge in [0.2, 0.25) is 0 Å². The van der Waals surface area contributed by atoms with Crippen LogP contribution in [0.2, 0.25) is 0 Å². The van der Waals surface area contributed by atoms with E-state index in [1.165, 1.54) is 0 Å². The summed E-state index contributed by atoms with van der Waals surface area (Å²) in [6, 6.07) is 7.04. The van der Waals surface area contributed by atoms with Crippen LogP contribution in [0.5, 0.6) is 0 Å². The Morgan fingerprint density at radius 3 is 2.75 bits per heavy atom. The normalized spacial score (nSPS) is 10.3. The predicted octanol–water partition coefficient (Wildman–Crippen LogP) is 2.88. The van der Waals surface area contributed by atoms with E-state index in [0.29, 0.717) is 5.69 Å². The van der Waals surface area contributed by atoms with Crippen LogP contribution in [0.1, 0.15) is 12.5 Å². The molecule has 0 bridgehead atoms. The molecule has 1 rings (SSSR count). The summed E-state index contributed by atoms with van der Waals surface area (Å²) in [6.07, 6.45) is 0.860. The zero-order chi connectivity index (χ0) is 8.97. The number of rotatable bonds is 3. The highest BCUT2D eigenvalue weighted by atomic mass is 19.3. The van der Waals surface area contributed by atoms with Crippen molar-refractivity contribution in [1.82, 2.24) is 0 Å². The Bertz CT molecular complexity index is 248. The summed E-state index contributed by atoms with van der Waals surface area (Å²) in [4.78, 5) is 0. The number of alkyl halides is 2. The number of aryl methyl sites for hydroxylation is 1. The molecule has 0 amide bonds. The molecule has 1 nitrogen and oxygen atoms in total. The molecule has 0 saturated heterocycles. The lowest BCUT2D eigenvalue weighted by molar-refractivity contribution is 0.181. The monoisotopic (exact) mass is 171 g/mol. The second-order valence-electron chi connectivity index (χ2n) is 2.50. The van der Waals surface area contributed by atoms with E-state index in [1.54, 1.807) is 18.2 Å². The molecule has 1 aromatic rings. The Kier molecular flexibility index (Phi) is 3.02. The maximum atomic E-state index is 11.8. The largest absolute Gasteiger partial charge is 0.330 e. The maximum Gasteiger partial charge on any atom is 0.312 e. The quantitative estimate of drug-likeness (QED) is 0.689. The van der Waals surface area contributed by atoms with E-state index in [0.717, 1.165) is 12.0 Å². The van der Waals surface area contributed by atoms with Gasteiger partial charge in [0.1, 0.15) is 0 Å². The van der Waals surface area contributed by atoms with Crippen molar-refractivity contribution in [2.75, 3.05) is 5.32 Å². The number of nitrogens with one attached hydrogen (secondary N) is 1. The van der Waals surface area contributed by atoms with E-state index < -0.39 is 6.55 Å². The molecule has 0 aliphatic rings. The molecule has 0 aromatic heterocycles. The number of hydrogen-bond acceptors (Lipinski definition) is 1. The van der Waals surface area contributed by atoms with E-state index in [1.807, 2.05) is 18.3 Å². The van der Waals surface area contributed by atoms with Crippen LogP contribution in [0.15, 0.2) is 24.3 Å². The van der Waals surface area contributed by atoms with Gasteiger partial charge in [0.25, 0.3) is 0 Å². The Morgan fingerprint density at radius 2 is 2.17 bits per heavy atom. The average Bonchev–Trinajstić information content (AvgIpc) is 2.03. The van der Waals surface area contributed by atoms with Crippen LogP contribution in [0, 0.1) is 0 Å². The molecule has 66 valence electrons. The molecule has 0 aliphatic heterocycles. The van der Waals surface area contributed by atoms with Crippen molar-refractivity contribution in [3.8, 4) is 0 Å².